The first-order valence-corrected chi connectivity index (χ1v) is 11.1. The van der Waals surface area contributed by atoms with Crippen LogP contribution in [0.3, 0.4) is 0 Å². The minimum absolute atomic E-state index is 0.0241. The van der Waals surface area contributed by atoms with Crippen molar-refractivity contribution in [3.05, 3.63) is 89.5 Å². The van der Waals surface area contributed by atoms with Crippen molar-refractivity contribution in [2.24, 2.45) is 0 Å². The Morgan fingerprint density at radius 3 is 2.44 bits per heavy atom. The molecule has 0 spiro atoms. The van der Waals surface area contributed by atoms with Crippen LogP contribution in [-0.4, -0.2) is 36.4 Å². The van der Waals surface area contributed by atoms with Crippen LogP contribution < -0.4 is 4.90 Å². The Morgan fingerprint density at radius 1 is 0.938 bits per heavy atom. The molecule has 1 aliphatic heterocycles. The highest BCUT2D eigenvalue weighted by molar-refractivity contribution is 5.98. The van der Waals surface area contributed by atoms with E-state index >= 15 is 0 Å². The maximum absolute atomic E-state index is 12.9. The summed E-state index contributed by atoms with van der Waals surface area (Å²) < 4.78 is 5.75. The first-order valence-electron chi connectivity index (χ1n) is 11.1. The molecule has 0 fully saturated rings. The SMILES string of the molecule is CCN(CC)C(=O)c1cccc(-c2cccc3c2COCC(=O)N3Cc2ccccc2)c1. The van der Waals surface area contributed by atoms with Gasteiger partial charge in [0.15, 0.2) is 0 Å². The molecule has 164 valence electrons. The Morgan fingerprint density at radius 2 is 1.69 bits per heavy atom. The molecule has 0 saturated heterocycles. The molecule has 0 unspecified atom stereocenters. The van der Waals surface area contributed by atoms with Crippen LogP contribution in [0.2, 0.25) is 0 Å². The number of hydrogen-bond donors (Lipinski definition) is 0. The van der Waals surface area contributed by atoms with Crippen LogP contribution in [0.25, 0.3) is 11.1 Å². The Hall–Kier alpha value is -3.44. The van der Waals surface area contributed by atoms with Crippen LogP contribution in [-0.2, 0) is 22.7 Å². The summed E-state index contributed by atoms with van der Waals surface area (Å²) in [6, 6.07) is 23.6. The number of fused-ring (bicyclic) bond motifs is 1. The summed E-state index contributed by atoms with van der Waals surface area (Å²) >= 11 is 0. The quantitative estimate of drug-likeness (QED) is 0.561. The van der Waals surface area contributed by atoms with Gasteiger partial charge in [-0.2, -0.15) is 0 Å². The predicted octanol–water partition coefficient (Wildman–Crippen LogP) is 4.90. The molecule has 2 amide bonds. The van der Waals surface area contributed by atoms with Crippen molar-refractivity contribution in [3.63, 3.8) is 0 Å². The molecule has 5 nitrogen and oxygen atoms in total. The third-order valence-corrected chi connectivity index (χ3v) is 5.87. The molecular weight excluding hydrogens is 400 g/mol. The van der Waals surface area contributed by atoms with E-state index in [2.05, 4.69) is 0 Å². The van der Waals surface area contributed by atoms with Gasteiger partial charge >= 0.3 is 0 Å². The highest BCUT2D eigenvalue weighted by Crippen LogP contribution is 2.35. The molecule has 5 heteroatoms. The largest absolute Gasteiger partial charge is 0.367 e. The second kappa shape index (κ2) is 9.79. The van der Waals surface area contributed by atoms with E-state index in [9.17, 15) is 9.59 Å². The molecule has 1 aliphatic rings. The fourth-order valence-electron chi connectivity index (χ4n) is 4.15. The molecule has 3 aromatic rings. The number of anilines is 1. The molecule has 0 atom stereocenters. The minimum Gasteiger partial charge on any atom is -0.367 e. The number of carbonyl (C=O) groups is 2. The van der Waals surface area contributed by atoms with Gasteiger partial charge in [0.2, 0.25) is 0 Å². The predicted molar refractivity (Wildman–Crippen MR) is 126 cm³/mol. The monoisotopic (exact) mass is 428 g/mol. The summed E-state index contributed by atoms with van der Waals surface area (Å²) in [7, 11) is 0. The summed E-state index contributed by atoms with van der Waals surface area (Å²) in [5.74, 6) is -0.0359. The van der Waals surface area contributed by atoms with Crippen LogP contribution >= 0.6 is 0 Å². The van der Waals surface area contributed by atoms with E-state index in [1.807, 2.05) is 91.5 Å². The van der Waals surface area contributed by atoms with Crippen molar-refractivity contribution in [2.75, 3.05) is 24.6 Å². The van der Waals surface area contributed by atoms with Crippen LogP contribution in [0.1, 0.15) is 35.3 Å². The molecule has 0 bridgehead atoms. The van der Waals surface area contributed by atoms with E-state index in [4.69, 9.17) is 4.74 Å². The molecule has 0 saturated carbocycles. The Kier molecular flexibility index (Phi) is 6.66. The minimum atomic E-state index is -0.0600. The van der Waals surface area contributed by atoms with Gasteiger partial charge in [0.1, 0.15) is 6.61 Å². The highest BCUT2D eigenvalue weighted by atomic mass is 16.5. The summed E-state index contributed by atoms with van der Waals surface area (Å²) in [6.07, 6.45) is 0. The van der Waals surface area contributed by atoms with Gasteiger partial charge in [-0.3, -0.25) is 9.59 Å². The normalized spacial score (nSPS) is 13.4. The fraction of sp³-hybridized carbons (Fsp3) is 0.259. The van der Waals surface area contributed by atoms with Crippen molar-refractivity contribution in [3.8, 4) is 11.1 Å². The third kappa shape index (κ3) is 4.43. The van der Waals surface area contributed by atoms with Crippen molar-refractivity contribution >= 4 is 17.5 Å². The Balaban J connectivity index is 1.74. The van der Waals surface area contributed by atoms with E-state index in [-0.39, 0.29) is 18.4 Å². The van der Waals surface area contributed by atoms with Gasteiger partial charge in [0.25, 0.3) is 11.8 Å². The zero-order chi connectivity index (χ0) is 22.5. The van der Waals surface area contributed by atoms with Crippen LogP contribution in [0, 0.1) is 0 Å². The number of nitrogens with zero attached hydrogens (tertiary/aromatic N) is 2. The molecule has 4 rings (SSSR count). The first-order chi connectivity index (χ1) is 15.6. The van der Waals surface area contributed by atoms with Crippen LogP contribution in [0.4, 0.5) is 5.69 Å². The Bertz CT molecular complexity index is 1110. The summed E-state index contributed by atoms with van der Waals surface area (Å²) in [6.45, 7) is 6.18. The van der Waals surface area contributed by atoms with E-state index in [1.165, 1.54) is 0 Å². The van der Waals surface area contributed by atoms with Crippen molar-refractivity contribution in [1.82, 2.24) is 4.90 Å². The lowest BCUT2D eigenvalue weighted by molar-refractivity contribution is -0.123. The third-order valence-electron chi connectivity index (χ3n) is 5.87. The smallest absolute Gasteiger partial charge is 0.253 e. The van der Waals surface area contributed by atoms with Crippen molar-refractivity contribution in [2.45, 2.75) is 27.0 Å². The fourth-order valence-corrected chi connectivity index (χ4v) is 4.15. The maximum Gasteiger partial charge on any atom is 0.253 e. The molecule has 0 N–H and O–H groups in total. The van der Waals surface area contributed by atoms with Gasteiger partial charge in [0.05, 0.1) is 18.8 Å². The average molecular weight is 429 g/mol. The summed E-state index contributed by atoms with van der Waals surface area (Å²) in [5.41, 5.74) is 5.46. The molecule has 1 heterocycles. The maximum atomic E-state index is 12.9. The molecule has 0 aliphatic carbocycles. The average Bonchev–Trinajstić information content (AvgIpc) is 2.99. The second-order valence-electron chi connectivity index (χ2n) is 7.82. The number of amides is 2. The van der Waals surface area contributed by atoms with Crippen molar-refractivity contribution in [1.29, 1.82) is 0 Å². The van der Waals surface area contributed by atoms with Gasteiger partial charge in [-0.1, -0.05) is 54.6 Å². The number of hydrogen-bond acceptors (Lipinski definition) is 3. The van der Waals surface area contributed by atoms with E-state index in [0.29, 0.717) is 31.8 Å². The standard InChI is InChI=1S/C27H28N2O3/c1-3-28(4-2)27(31)22-13-8-12-21(16-22)23-14-9-15-25-24(23)18-32-19-26(30)29(25)17-20-10-6-5-7-11-20/h5-16H,3-4,17-19H2,1-2H3. The summed E-state index contributed by atoms with van der Waals surface area (Å²) in [4.78, 5) is 29.4. The molecular formula is C27H28N2O3. The van der Waals surface area contributed by atoms with Crippen LogP contribution in [0.15, 0.2) is 72.8 Å². The molecule has 0 radical (unpaired) electrons. The zero-order valence-corrected chi connectivity index (χ0v) is 18.6. The molecule has 3 aromatic carbocycles. The van der Waals surface area contributed by atoms with Crippen LogP contribution in [0.5, 0.6) is 0 Å². The van der Waals surface area contributed by atoms with Crippen molar-refractivity contribution < 1.29 is 14.3 Å². The van der Waals surface area contributed by atoms with E-state index < -0.39 is 0 Å². The van der Waals surface area contributed by atoms with Gasteiger partial charge in [-0.25, -0.2) is 0 Å². The second-order valence-corrected chi connectivity index (χ2v) is 7.82. The molecule has 32 heavy (non-hydrogen) atoms. The number of rotatable bonds is 6. The lowest BCUT2D eigenvalue weighted by Gasteiger charge is -2.24. The van der Waals surface area contributed by atoms with Gasteiger partial charge in [-0.15, -0.1) is 0 Å². The molecule has 0 aromatic heterocycles. The number of ether oxygens (including phenoxy) is 1. The van der Waals surface area contributed by atoms with Gasteiger partial charge in [-0.05, 0) is 48.7 Å². The zero-order valence-electron chi connectivity index (χ0n) is 18.6. The summed E-state index contributed by atoms with van der Waals surface area (Å²) in [5, 5.41) is 0. The highest BCUT2D eigenvalue weighted by Gasteiger charge is 2.25. The lowest BCUT2D eigenvalue weighted by Crippen LogP contribution is -2.32. The first kappa shape index (κ1) is 21.8. The van der Waals surface area contributed by atoms with Gasteiger partial charge < -0.3 is 14.5 Å². The number of benzene rings is 3. The Labute approximate surface area is 189 Å². The van der Waals surface area contributed by atoms with E-state index in [1.54, 1.807) is 4.90 Å². The topological polar surface area (TPSA) is 49.9 Å². The number of carbonyl (C=O) groups excluding carboxylic acids is 2. The van der Waals surface area contributed by atoms with E-state index in [0.717, 1.165) is 27.9 Å². The van der Waals surface area contributed by atoms with Gasteiger partial charge in [0, 0.05) is 24.2 Å². The lowest BCUT2D eigenvalue weighted by atomic mass is 9.96.